The van der Waals surface area contributed by atoms with E-state index in [0.717, 1.165) is 38.8 Å². The molecule has 8 heteroatoms. The first-order chi connectivity index (χ1) is 13.1. The zero-order valence-electron chi connectivity index (χ0n) is 15.4. The molecule has 1 fully saturated rings. The van der Waals surface area contributed by atoms with Crippen molar-refractivity contribution < 1.29 is 9.32 Å². The molecule has 1 amide bonds. The Labute approximate surface area is 169 Å². The topological polar surface area (TPSA) is 71.3 Å². The van der Waals surface area contributed by atoms with Gasteiger partial charge in [0.2, 0.25) is 17.6 Å². The zero-order valence-corrected chi connectivity index (χ0v) is 16.9. The number of nitrogens with zero attached hydrogens (tertiary/aromatic N) is 3. The molecule has 1 aromatic heterocycles. The number of nitrogens with one attached hydrogen (secondary N) is 1. The van der Waals surface area contributed by atoms with Gasteiger partial charge in [-0.2, -0.15) is 4.98 Å². The molecular formula is C19H24Cl2N4O2. The van der Waals surface area contributed by atoms with E-state index >= 15 is 0 Å². The zero-order chi connectivity index (χ0) is 19.2. The Morgan fingerprint density at radius 3 is 3.04 bits per heavy atom. The van der Waals surface area contributed by atoms with Crippen molar-refractivity contribution in [3.8, 4) is 11.4 Å². The van der Waals surface area contributed by atoms with Crippen molar-refractivity contribution in [2.75, 3.05) is 19.6 Å². The van der Waals surface area contributed by atoms with Crippen LogP contribution in [0.4, 0.5) is 0 Å². The van der Waals surface area contributed by atoms with Crippen LogP contribution in [0.25, 0.3) is 11.4 Å². The number of halogens is 2. The maximum Gasteiger partial charge on any atom is 0.241 e. The summed E-state index contributed by atoms with van der Waals surface area (Å²) in [6, 6.07) is 5.17. The summed E-state index contributed by atoms with van der Waals surface area (Å²) in [5, 5.41) is 8.10. The van der Waals surface area contributed by atoms with Gasteiger partial charge in [0.1, 0.15) is 0 Å². The van der Waals surface area contributed by atoms with E-state index in [4.69, 9.17) is 27.7 Å². The molecule has 1 aliphatic heterocycles. The first-order valence-corrected chi connectivity index (χ1v) is 10.1. The summed E-state index contributed by atoms with van der Waals surface area (Å²) in [6.07, 6.45) is 3.99. The molecule has 1 unspecified atom stereocenters. The van der Waals surface area contributed by atoms with Gasteiger partial charge < -0.3 is 9.84 Å². The Hall–Kier alpha value is -1.63. The Morgan fingerprint density at radius 1 is 1.41 bits per heavy atom. The van der Waals surface area contributed by atoms with Crippen LogP contribution < -0.4 is 5.32 Å². The number of piperidine rings is 1. The maximum absolute atomic E-state index is 12.3. The highest BCUT2D eigenvalue weighted by molar-refractivity contribution is 6.36. The molecule has 2 heterocycles. The van der Waals surface area contributed by atoms with Gasteiger partial charge in [0, 0.05) is 23.7 Å². The van der Waals surface area contributed by atoms with Crippen molar-refractivity contribution in [1.82, 2.24) is 20.4 Å². The Balaban J connectivity index is 1.59. The van der Waals surface area contributed by atoms with Crippen molar-refractivity contribution in [2.45, 2.75) is 39.2 Å². The van der Waals surface area contributed by atoms with E-state index in [1.165, 1.54) is 0 Å². The minimum Gasteiger partial charge on any atom is -0.356 e. The van der Waals surface area contributed by atoms with E-state index in [-0.39, 0.29) is 11.8 Å². The Bertz CT molecular complexity index is 781. The van der Waals surface area contributed by atoms with Gasteiger partial charge >= 0.3 is 0 Å². The third-order valence-corrected chi connectivity index (χ3v) is 5.25. The van der Waals surface area contributed by atoms with Gasteiger partial charge in [-0.3, -0.25) is 9.69 Å². The summed E-state index contributed by atoms with van der Waals surface area (Å²) in [7, 11) is 0. The number of likely N-dealkylation sites (tertiary alicyclic amines) is 1. The molecule has 0 spiro atoms. The van der Waals surface area contributed by atoms with E-state index in [2.05, 4.69) is 27.3 Å². The smallest absolute Gasteiger partial charge is 0.241 e. The van der Waals surface area contributed by atoms with Crippen molar-refractivity contribution in [3.05, 3.63) is 34.1 Å². The summed E-state index contributed by atoms with van der Waals surface area (Å²) in [6.45, 7) is 5.01. The summed E-state index contributed by atoms with van der Waals surface area (Å²) >= 11 is 12.1. The van der Waals surface area contributed by atoms with Crippen LogP contribution in [0, 0.1) is 5.92 Å². The highest BCUT2D eigenvalue weighted by atomic mass is 35.5. The lowest BCUT2D eigenvalue weighted by Gasteiger charge is -2.30. The van der Waals surface area contributed by atoms with E-state index < -0.39 is 0 Å². The van der Waals surface area contributed by atoms with Crippen LogP contribution in [0.1, 0.15) is 38.5 Å². The summed E-state index contributed by atoms with van der Waals surface area (Å²) in [4.78, 5) is 18.9. The van der Waals surface area contributed by atoms with Gasteiger partial charge in [-0.15, -0.1) is 0 Å². The highest BCUT2D eigenvalue weighted by Crippen LogP contribution is 2.28. The highest BCUT2D eigenvalue weighted by Gasteiger charge is 2.26. The average molecular weight is 411 g/mol. The fourth-order valence-electron chi connectivity index (χ4n) is 3.24. The van der Waals surface area contributed by atoms with E-state index in [0.29, 0.717) is 40.4 Å². The lowest BCUT2D eigenvalue weighted by molar-refractivity contribution is -0.126. The van der Waals surface area contributed by atoms with Crippen LogP contribution >= 0.6 is 23.2 Å². The number of hydrogen-bond acceptors (Lipinski definition) is 5. The summed E-state index contributed by atoms with van der Waals surface area (Å²) in [5.41, 5.74) is 0.683. The van der Waals surface area contributed by atoms with Gasteiger partial charge in [-0.25, -0.2) is 0 Å². The average Bonchev–Trinajstić information content (AvgIpc) is 3.10. The second-order valence-corrected chi connectivity index (χ2v) is 7.70. The molecule has 0 aliphatic carbocycles. The van der Waals surface area contributed by atoms with Crippen LogP contribution in [-0.2, 0) is 11.3 Å². The number of benzene rings is 1. The quantitative estimate of drug-likeness (QED) is 0.693. The molecule has 1 atom stereocenters. The molecule has 27 heavy (non-hydrogen) atoms. The van der Waals surface area contributed by atoms with Gasteiger partial charge in [0.05, 0.1) is 17.5 Å². The molecule has 1 aliphatic rings. The Morgan fingerprint density at radius 2 is 2.26 bits per heavy atom. The maximum atomic E-state index is 12.3. The predicted octanol–water partition coefficient (Wildman–Crippen LogP) is 4.17. The minimum atomic E-state index is 0.0173. The second kappa shape index (κ2) is 9.53. The van der Waals surface area contributed by atoms with E-state index in [1.54, 1.807) is 18.2 Å². The third-order valence-electron chi connectivity index (χ3n) is 4.70. The monoisotopic (exact) mass is 410 g/mol. The van der Waals surface area contributed by atoms with Crippen LogP contribution in [0.2, 0.25) is 10.0 Å². The first kappa shape index (κ1) is 20.1. The normalized spacial score (nSPS) is 17.8. The summed E-state index contributed by atoms with van der Waals surface area (Å²) in [5.74, 6) is 1.12. The Kier molecular flexibility index (Phi) is 7.10. The van der Waals surface area contributed by atoms with Gasteiger partial charge in [-0.05, 0) is 44.0 Å². The van der Waals surface area contributed by atoms with Crippen molar-refractivity contribution in [3.63, 3.8) is 0 Å². The standard InChI is InChI=1S/C19H24Cl2N4O2/c1-2-3-8-22-19(26)13-5-4-9-25(11-13)12-17-23-18(24-27-17)15-7-6-14(20)10-16(15)21/h6-7,10,13H,2-5,8-9,11-12H2,1H3,(H,22,26). The predicted molar refractivity (Wildman–Crippen MR) is 106 cm³/mol. The number of carbonyl (C=O) groups is 1. The fraction of sp³-hybridized carbons (Fsp3) is 0.526. The first-order valence-electron chi connectivity index (χ1n) is 9.35. The van der Waals surface area contributed by atoms with Crippen LogP contribution in [0.15, 0.2) is 22.7 Å². The van der Waals surface area contributed by atoms with Crippen LogP contribution in [0.5, 0.6) is 0 Å². The lowest BCUT2D eigenvalue weighted by atomic mass is 9.97. The molecule has 1 saturated heterocycles. The molecule has 0 bridgehead atoms. The third kappa shape index (κ3) is 5.43. The van der Waals surface area contributed by atoms with E-state index in [1.807, 2.05) is 0 Å². The molecule has 0 radical (unpaired) electrons. The molecule has 3 rings (SSSR count). The van der Waals surface area contributed by atoms with Crippen LogP contribution in [-0.4, -0.2) is 40.6 Å². The lowest BCUT2D eigenvalue weighted by Crippen LogP contribution is -2.42. The number of hydrogen-bond donors (Lipinski definition) is 1. The number of unbranched alkanes of at least 4 members (excludes halogenated alkanes) is 1. The van der Waals surface area contributed by atoms with Gasteiger partial charge in [-0.1, -0.05) is 41.7 Å². The molecule has 0 saturated carbocycles. The molecule has 1 N–H and O–H groups in total. The number of carbonyl (C=O) groups excluding carboxylic acids is 1. The molecule has 6 nitrogen and oxygen atoms in total. The second-order valence-electron chi connectivity index (χ2n) is 6.85. The van der Waals surface area contributed by atoms with Crippen molar-refractivity contribution in [1.29, 1.82) is 0 Å². The van der Waals surface area contributed by atoms with E-state index in [9.17, 15) is 4.79 Å². The van der Waals surface area contributed by atoms with Crippen molar-refractivity contribution in [2.24, 2.45) is 5.92 Å². The van der Waals surface area contributed by atoms with Gasteiger partial charge in [0.15, 0.2) is 0 Å². The van der Waals surface area contributed by atoms with Crippen LogP contribution in [0.3, 0.4) is 0 Å². The fourth-order valence-corrected chi connectivity index (χ4v) is 3.73. The molecular weight excluding hydrogens is 387 g/mol. The minimum absolute atomic E-state index is 0.0173. The summed E-state index contributed by atoms with van der Waals surface area (Å²) < 4.78 is 5.39. The molecule has 2 aromatic rings. The SMILES string of the molecule is CCCCNC(=O)C1CCCN(Cc2nc(-c3ccc(Cl)cc3Cl)no2)C1. The molecule has 146 valence electrons. The van der Waals surface area contributed by atoms with Gasteiger partial charge in [0.25, 0.3) is 0 Å². The number of aromatic nitrogens is 2. The molecule has 1 aromatic carbocycles. The number of amides is 1. The largest absolute Gasteiger partial charge is 0.356 e. The van der Waals surface area contributed by atoms with Crippen molar-refractivity contribution >= 4 is 29.1 Å². The number of rotatable bonds is 7.